The molecule has 0 bridgehead atoms. The number of rotatable bonds is 1. The molecule has 0 unspecified atom stereocenters. The molecule has 0 aromatic carbocycles. The van der Waals surface area contributed by atoms with Crippen LogP contribution in [0.5, 0.6) is 0 Å². The van der Waals surface area contributed by atoms with Crippen LogP contribution in [0.4, 0.5) is 0 Å². The van der Waals surface area contributed by atoms with Gasteiger partial charge in [0.05, 0.1) is 7.11 Å². The lowest BCUT2D eigenvalue weighted by atomic mass is 10.3. The predicted molar refractivity (Wildman–Crippen MR) is 54.2 cm³/mol. The van der Waals surface area contributed by atoms with Gasteiger partial charge in [-0.2, -0.15) is 0 Å². The van der Waals surface area contributed by atoms with Crippen molar-refractivity contribution in [1.29, 1.82) is 0 Å². The van der Waals surface area contributed by atoms with Crippen LogP contribution in [0.1, 0.15) is 10.4 Å². The number of hydrogen-bond acceptors (Lipinski definition) is 3. The van der Waals surface area contributed by atoms with Gasteiger partial charge in [0.2, 0.25) is 0 Å². The van der Waals surface area contributed by atoms with E-state index in [4.69, 9.17) is 0 Å². The zero-order valence-electron chi connectivity index (χ0n) is 7.40. The van der Waals surface area contributed by atoms with Crippen LogP contribution in [-0.4, -0.2) is 22.5 Å². The number of imidazole rings is 1. The summed E-state index contributed by atoms with van der Waals surface area (Å²) in [6, 6.07) is 1.69. The molecular weight excluding hydrogens is 248 g/mol. The fraction of sp³-hybridized carbons (Fsp3) is 0.111. The summed E-state index contributed by atoms with van der Waals surface area (Å²) >= 11 is 3.31. The minimum absolute atomic E-state index is 0.387. The molecule has 0 radical (unpaired) electrons. The zero-order chi connectivity index (χ0) is 10.1. The summed E-state index contributed by atoms with van der Waals surface area (Å²) in [5.41, 5.74) is 1.05. The van der Waals surface area contributed by atoms with Gasteiger partial charge in [0.1, 0.15) is 5.56 Å². The van der Waals surface area contributed by atoms with Gasteiger partial charge >= 0.3 is 5.97 Å². The van der Waals surface area contributed by atoms with E-state index in [0.29, 0.717) is 11.2 Å². The number of halogens is 1. The van der Waals surface area contributed by atoms with Crippen LogP contribution < -0.4 is 0 Å². The van der Waals surface area contributed by atoms with Crippen molar-refractivity contribution in [3.63, 3.8) is 0 Å². The number of ether oxygens (including phenoxy) is 1. The largest absolute Gasteiger partial charge is 0.465 e. The number of carbonyl (C=O) groups excluding carboxylic acids is 1. The highest BCUT2D eigenvalue weighted by molar-refractivity contribution is 9.10. The molecule has 0 aliphatic rings. The number of carbonyl (C=O) groups is 1. The molecule has 5 heteroatoms. The Balaban J connectivity index is 2.72. The number of esters is 1. The highest BCUT2D eigenvalue weighted by atomic mass is 79.9. The molecule has 72 valence electrons. The van der Waals surface area contributed by atoms with Crippen molar-refractivity contribution in [2.75, 3.05) is 7.11 Å². The van der Waals surface area contributed by atoms with E-state index in [1.165, 1.54) is 7.11 Å². The van der Waals surface area contributed by atoms with Crippen LogP contribution in [0.2, 0.25) is 0 Å². The van der Waals surface area contributed by atoms with Gasteiger partial charge in [-0.05, 0) is 22.0 Å². The molecule has 2 heterocycles. The number of pyridine rings is 1. The Labute approximate surface area is 88.6 Å². The standard InChI is InChI=1S/C9H7BrN2O2/c1-14-9(13)7-4-6(10)5-12-3-2-11-8(7)12/h2-5H,1H3. The molecule has 2 aromatic heterocycles. The van der Waals surface area contributed by atoms with Crippen molar-refractivity contribution in [1.82, 2.24) is 9.38 Å². The lowest BCUT2D eigenvalue weighted by Gasteiger charge is -2.02. The molecule has 14 heavy (non-hydrogen) atoms. The molecule has 0 saturated carbocycles. The monoisotopic (exact) mass is 254 g/mol. The van der Waals surface area contributed by atoms with Crippen molar-refractivity contribution in [2.45, 2.75) is 0 Å². The molecule has 0 amide bonds. The quantitative estimate of drug-likeness (QED) is 0.731. The van der Waals surface area contributed by atoms with Gasteiger partial charge < -0.3 is 9.14 Å². The van der Waals surface area contributed by atoms with E-state index < -0.39 is 0 Å². The van der Waals surface area contributed by atoms with Gasteiger partial charge in [0, 0.05) is 23.1 Å². The first-order valence-electron chi connectivity index (χ1n) is 3.93. The Morgan fingerprint density at radius 3 is 3.14 bits per heavy atom. The van der Waals surface area contributed by atoms with Crippen molar-refractivity contribution in [3.8, 4) is 0 Å². The number of nitrogens with zero attached hydrogens (tertiary/aromatic N) is 2. The molecule has 2 aromatic rings. The molecule has 0 aliphatic heterocycles. The lowest BCUT2D eigenvalue weighted by Crippen LogP contribution is -2.04. The van der Waals surface area contributed by atoms with Gasteiger partial charge in [-0.3, -0.25) is 0 Å². The van der Waals surface area contributed by atoms with Gasteiger partial charge in [-0.25, -0.2) is 9.78 Å². The first kappa shape index (κ1) is 9.21. The van der Waals surface area contributed by atoms with E-state index in [1.807, 2.05) is 6.20 Å². The Bertz CT molecular complexity index is 493. The zero-order valence-corrected chi connectivity index (χ0v) is 8.98. The van der Waals surface area contributed by atoms with Crippen LogP contribution in [0.25, 0.3) is 5.65 Å². The van der Waals surface area contributed by atoms with Crippen LogP contribution in [-0.2, 0) is 4.74 Å². The third-order valence-corrected chi connectivity index (χ3v) is 2.29. The molecule has 0 fully saturated rings. The van der Waals surface area contributed by atoms with Crippen LogP contribution in [0.15, 0.2) is 29.1 Å². The number of fused-ring (bicyclic) bond motifs is 1. The summed E-state index contributed by atoms with van der Waals surface area (Å²) in [7, 11) is 1.35. The SMILES string of the molecule is COC(=O)c1cc(Br)cn2ccnc12. The Kier molecular flexibility index (Phi) is 2.25. The van der Waals surface area contributed by atoms with Crippen LogP contribution >= 0.6 is 15.9 Å². The third-order valence-electron chi connectivity index (χ3n) is 1.86. The topological polar surface area (TPSA) is 43.6 Å². The predicted octanol–water partition coefficient (Wildman–Crippen LogP) is 1.88. The van der Waals surface area contributed by atoms with E-state index in [9.17, 15) is 4.79 Å². The second kappa shape index (κ2) is 3.42. The second-order valence-corrected chi connectivity index (χ2v) is 3.64. The fourth-order valence-corrected chi connectivity index (χ4v) is 1.71. The molecule has 0 atom stereocenters. The fourth-order valence-electron chi connectivity index (χ4n) is 1.26. The van der Waals surface area contributed by atoms with E-state index in [-0.39, 0.29) is 5.97 Å². The van der Waals surface area contributed by atoms with Gasteiger partial charge in [-0.1, -0.05) is 0 Å². The van der Waals surface area contributed by atoms with E-state index in [1.54, 1.807) is 22.9 Å². The minimum Gasteiger partial charge on any atom is -0.465 e. The summed E-state index contributed by atoms with van der Waals surface area (Å²) in [6.45, 7) is 0. The second-order valence-electron chi connectivity index (χ2n) is 2.72. The Hall–Kier alpha value is -1.36. The van der Waals surface area contributed by atoms with Crippen molar-refractivity contribution >= 4 is 27.5 Å². The normalized spacial score (nSPS) is 10.4. The molecule has 4 nitrogen and oxygen atoms in total. The molecule has 0 aliphatic carbocycles. The number of hydrogen-bond donors (Lipinski definition) is 0. The lowest BCUT2D eigenvalue weighted by molar-refractivity contribution is 0.0602. The van der Waals surface area contributed by atoms with Gasteiger partial charge in [0.15, 0.2) is 5.65 Å². The first-order chi connectivity index (χ1) is 6.72. The molecule has 2 rings (SSSR count). The highest BCUT2D eigenvalue weighted by Crippen LogP contribution is 2.17. The average Bonchev–Trinajstić information content (AvgIpc) is 2.62. The van der Waals surface area contributed by atoms with E-state index in [0.717, 1.165) is 4.47 Å². The van der Waals surface area contributed by atoms with E-state index in [2.05, 4.69) is 25.7 Å². The number of methoxy groups -OCH3 is 1. The summed E-state index contributed by atoms with van der Waals surface area (Å²) in [6.07, 6.45) is 5.23. The highest BCUT2D eigenvalue weighted by Gasteiger charge is 2.12. The number of aromatic nitrogens is 2. The first-order valence-corrected chi connectivity index (χ1v) is 4.72. The van der Waals surface area contributed by atoms with E-state index >= 15 is 0 Å². The minimum atomic E-state index is -0.387. The molecular formula is C9H7BrN2O2. The van der Waals surface area contributed by atoms with Crippen molar-refractivity contribution in [2.24, 2.45) is 0 Å². The maximum absolute atomic E-state index is 11.4. The molecule has 0 N–H and O–H groups in total. The van der Waals surface area contributed by atoms with Gasteiger partial charge in [-0.15, -0.1) is 0 Å². The Morgan fingerprint density at radius 2 is 2.43 bits per heavy atom. The summed E-state index contributed by atoms with van der Waals surface area (Å²) in [5.74, 6) is -0.387. The third kappa shape index (κ3) is 1.39. The van der Waals surface area contributed by atoms with Crippen molar-refractivity contribution < 1.29 is 9.53 Å². The summed E-state index contributed by atoms with van der Waals surface area (Å²) < 4.78 is 7.22. The van der Waals surface area contributed by atoms with Crippen LogP contribution in [0, 0.1) is 0 Å². The summed E-state index contributed by atoms with van der Waals surface area (Å²) in [5, 5.41) is 0. The summed E-state index contributed by atoms with van der Waals surface area (Å²) in [4.78, 5) is 15.5. The molecule has 0 spiro atoms. The van der Waals surface area contributed by atoms with Crippen LogP contribution in [0.3, 0.4) is 0 Å². The Morgan fingerprint density at radius 1 is 1.64 bits per heavy atom. The maximum Gasteiger partial charge on any atom is 0.341 e. The average molecular weight is 255 g/mol. The maximum atomic E-state index is 11.4. The molecule has 0 saturated heterocycles. The smallest absolute Gasteiger partial charge is 0.341 e. The van der Waals surface area contributed by atoms with Crippen molar-refractivity contribution in [3.05, 3.63) is 34.7 Å². The van der Waals surface area contributed by atoms with Gasteiger partial charge in [0.25, 0.3) is 0 Å².